The Morgan fingerprint density at radius 3 is 1.32 bits per heavy atom. The zero-order valence-corrected chi connectivity index (χ0v) is 36.8. The molecule has 3 atom stereocenters. The van der Waals surface area contributed by atoms with Gasteiger partial charge in [-0.05, 0) is 72.8 Å². The Morgan fingerprint density at radius 1 is 0.485 bits per heavy atom. The summed E-state index contributed by atoms with van der Waals surface area (Å²) < 4.78 is 47.0. The van der Waals surface area contributed by atoms with Crippen LogP contribution in [0.2, 0.25) is 0 Å². The number of rotatable bonds is 20. The van der Waals surface area contributed by atoms with Gasteiger partial charge in [-0.2, -0.15) is 0 Å². The minimum Gasteiger partial charge on any atom is -0.463 e. The number of carbonyl (C=O) groups is 6. The predicted octanol–water partition coefficient (Wildman–Crippen LogP) is 8.66. The first kappa shape index (κ1) is 53.3. The molecule has 6 rings (SSSR count). The normalized spacial score (nSPS) is 12.0. The summed E-state index contributed by atoms with van der Waals surface area (Å²) in [5.41, 5.74) is 0. The predicted molar refractivity (Wildman–Crippen MR) is 231 cm³/mol. The van der Waals surface area contributed by atoms with E-state index in [1.807, 2.05) is 20.8 Å². The Balaban J connectivity index is 0.000000272. The summed E-state index contributed by atoms with van der Waals surface area (Å²) in [4.78, 5) is 70.7. The van der Waals surface area contributed by atoms with E-state index in [0.717, 1.165) is 17.9 Å². The first-order valence-electron chi connectivity index (χ1n) is 20.7. The smallest absolute Gasteiger partial charge is 0.306 e. The number of esters is 3. The molecule has 0 saturated carbocycles. The third-order valence-electron chi connectivity index (χ3n) is 9.11. The first-order chi connectivity index (χ1) is 31.1. The summed E-state index contributed by atoms with van der Waals surface area (Å²) in [5, 5.41) is 28.6. The van der Waals surface area contributed by atoms with Crippen LogP contribution in [0.1, 0.15) is 164 Å². The van der Waals surface area contributed by atoms with Crippen LogP contribution in [-0.2, 0) is 67.7 Å². The highest BCUT2D eigenvalue weighted by Gasteiger charge is 2.32. The Labute approximate surface area is 380 Å². The largest absolute Gasteiger partial charge is 0.463 e. The summed E-state index contributed by atoms with van der Waals surface area (Å²) in [6.45, 7) is 9.77. The second-order valence-corrected chi connectivity index (χ2v) is 13.8. The third kappa shape index (κ3) is 15.0. The lowest BCUT2D eigenvalue weighted by molar-refractivity contribution is -0.148. The number of aliphatic hydroxyl groups is 3. The molecule has 66 heavy (non-hydrogen) atoms. The van der Waals surface area contributed by atoms with Gasteiger partial charge in [0.1, 0.15) is 65.9 Å². The fourth-order valence-electron chi connectivity index (χ4n) is 5.50. The lowest BCUT2D eigenvalue weighted by Gasteiger charge is -2.13. The maximum absolute atomic E-state index is 12.8. The molecule has 3 unspecified atom stereocenters. The van der Waals surface area contributed by atoms with Gasteiger partial charge in [-0.25, -0.2) is 0 Å². The molecule has 0 aliphatic carbocycles. The molecule has 6 heterocycles. The molecule has 6 aromatic heterocycles. The van der Waals surface area contributed by atoms with Gasteiger partial charge in [0.15, 0.2) is 35.2 Å². The molecule has 18 nitrogen and oxygen atoms in total. The molecule has 356 valence electrons. The van der Waals surface area contributed by atoms with Gasteiger partial charge in [0, 0.05) is 39.0 Å². The number of aliphatic hydroxyl groups excluding tert-OH is 3. The molecule has 0 saturated heterocycles. The molecule has 0 fully saturated rings. The summed E-state index contributed by atoms with van der Waals surface area (Å²) in [7, 11) is 0. The highest BCUT2D eigenvalue weighted by Crippen LogP contribution is 2.28. The average molecular weight is 921 g/mol. The number of hydrogen-bond donors (Lipinski definition) is 3. The lowest BCUT2D eigenvalue weighted by atomic mass is 10.1. The van der Waals surface area contributed by atoms with Crippen molar-refractivity contribution in [1.29, 1.82) is 0 Å². The SMILES string of the molecule is C.CCC(=O)OCc1ccc(C(OC(=O)CC)C(=O)c2ccc(COC(C)=O)o2)o1.CCc1ccc(C(=O)C(O)c2ccc(CC)o2)o1.CCc1ccc(C(=O)C(O)c2ccc(CO)o2)o1. The zero-order valence-electron chi connectivity index (χ0n) is 36.8. The monoisotopic (exact) mass is 920 g/mol. The highest BCUT2D eigenvalue weighted by atomic mass is 16.6. The first-order valence-corrected chi connectivity index (χ1v) is 20.7. The number of furan rings is 6. The second-order valence-electron chi connectivity index (χ2n) is 13.8. The molecular weight excluding hydrogens is 865 g/mol. The van der Waals surface area contributed by atoms with Crippen molar-refractivity contribution in [3.8, 4) is 0 Å². The van der Waals surface area contributed by atoms with Crippen molar-refractivity contribution < 1.29 is 84.8 Å². The van der Waals surface area contributed by atoms with Crippen molar-refractivity contribution >= 4 is 35.3 Å². The van der Waals surface area contributed by atoms with Gasteiger partial charge >= 0.3 is 17.9 Å². The standard InChI is InChI=1S/C20H22O9.C14H16O4.C13H14O5.CH4/c1-4-17(22)26-11-14-7-9-16(28-14)20(29-18(23)5-2)19(24)15-8-6-13(27-15)10-25-12(3)21;1-3-9-5-7-11(17-9)13(15)14(16)12-8-6-10(4-2)18-12;1-2-8-3-5-10(17-8)12(15)13(16)11-6-4-9(7-14)18-11;/h6-9,20H,4-5,10-11H2,1-3H3;5-8,13,15H,3-4H2,1-2H3;3-6,13-14,16H,2,7H2,1H3;1H4. The third-order valence-corrected chi connectivity index (χ3v) is 9.11. The average Bonchev–Trinajstić information content (AvgIpc) is 4.19. The molecule has 0 bridgehead atoms. The van der Waals surface area contributed by atoms with Gasteiger partial charge in [-0.1, -0.05) is 42.0 Å². The maximum Gasteiger partial charge on any atom is 0.306 e. The molecule has 18 heteroatoms. The van der Waals surface area contributed by atoms with Crippen molar-refractivity contribution in [2.45, 2.75) is 119 Å². The Morgan fingerprint density at radius 2 is 0.864 bits per heavy atom. The molecule has 0 amide bonds. The summed E-state index contributed by atoms with van der Waals surface area (Å²) in [6.07, 6.45) is -1.70. The molecule has 0 aliphatic rings. The van der Waals surface area contributed by atoms with Crippen molar-refractivity contribution in [2.24, 2.45) is 0 Å². The van der Waals surface area contributed by atoms with Crippen molar-refractivity contribution in [3.05, 3.63) is 142 Å². The van der Waals surface area contributed by atoms with Crippen LogP contribution < -0.4 is 0 Å². The number of hydrogen-bond acceptors (Lipinski definition) is 18. The van der Waals surface area contributed by atoms with E-state index in [1.165, 1.54) is 49.4 Å². The second kappa shape index (κ2) is 26.1. The number of ketones is 3. The lowest BCUT2D eigenvalue weighted by Crippen LogP contribution is -2.19. The van der Waals surface area contributed by atoms with Crippen LogP contribution in [0.5, 0.6) is 0 Å². The molecule has 0 radical (unpaired) electrons. The van der Waals surface area contributed by atoms with Crippen molar-refractivity contribution in [3.63, 3.8) is 0 Å². The van der Waals surface area contributed by atoms with Gasteiger partial charge in [0.2, 0.25) is 23.5 Å². The van der Waals surface area contributed by atoms with Gasteiger partial charge in [-0.3, -0.25) is 28.8 Å². The van der Waals surface area contributed by atoms with Crippen LogP contribution in [0.4, 0.5) is 0 Å². The van der Waals surface area contributed by atoms with Crippen LogP contribution in [0.15, 0.2) is 99.3 Å². The van der Waals surface area contributed by atoms with E-state index in [9.17, 15) is 39.0 Å². The zero-order chi connectivity index (χ0) is 47.6. The van der Waals surface area contributed by atoms with E-state index >= 15 is 0 Å². The van der Waals surface area contributed by atoms with E-state index in [-0.39, 0.29) is 80.4 Å². The molecule has 0 aromatic carbocycles. The molecule has 0 aliphatic heterocycles. The number of Topliss-reactive ketones (excluding diaryl/α,β-unsaturated/α-hetero) is 3. The molecule has 3 N–H and O–H groups in total. The quantitative estimate of drug-likeness (QED) is 0.0367. The Hall–Kier alpha value is -7.02. The molecule has 0 spiro atoms. The fourth-order valence-corrected chi connectivity index (χ4v) is 5.50. The Kier molecular flexibility index (Phi) is 21.1. The molecular formula is C48H56O18. The molecule has 6 aromatic rings. The maximum atomic E-state index is 12.8. The number of aryl methyl sites for hydroxylation is 3. The minimum atomic E-state index is -1.42. The van der Waals surface area contributed by atoms with Crippen LogP contribution in [-0.4, -0.2) is 50.6 Å². The minimum absolute atomic E-state index is 0. The summed E-state index contributed by atoms with van der Waals surface area (Å²) in [5.74, 6) is 0.403. The van der Waals surface area contributed by atoms with Gasteiger partial charge < -0.3 is 56.0 Å². The topological polar surface area (TPSA) is 270 Å². The van der Waals surface area contributed by atoms with E-state index in [1.54, 1.807) is 44.2 Å². The summed E-state index contributed by atoms with van der Waals surface area (Å²) in [6, 6.07) is 18.7. The number of carbonyl (C=O) groups excluding carboxylic acids is 6. The van der Waals surface area contributed by atoms with Crippen LogP contribution >= 0.6 is 0 Å². The van der Waals surface area contributed by atoms with Crippen LogP contribution in [0.3, 0.4) is 0 Å². The van der Waals surface area contributed by atoms with Gasteiger partial charge in [0.05, 0.1) is 0 Å². The van der Waals surface area contributed by atoms with Crippen molar-refractivity contribution in [2.75, 3.05) is 0 Å². The highest BCUT2D eigenvalue weighted by molar-refractivity contribution is 5.99. The van der Waals surface area contributed by atoms with Crippen LogP contribution in [0.25, 0.3) is 0 Å². The Bertz CT molecular complexity index is 2380. The fraction of sp³-hybridized carbons (Fsp3) is 0.375. The van der Waals surface area contributed by atoms with Crippen LogP contribution in [0, 0.1) is 0 Å². The van der Waals surface area contributed by atoms with Gasteiger partial charge in [-0.15, -0.1) is 0 Å². The van der Waals surface area contributed by atoms with E-state index < -0.39 is 53.6 Å². The van der Waals surface area contributed by atoms with E-state index in [2.05, 4.69) is 0 Å². The summed E-state index contributed by atoms with van der Waals surface area (Å²) >= 11 is 0. The van der Waals surface area contributed by atoms with Crippen molar-refractivity contribution in [1.82, 2.24) is 0 Å². The number of ether oxygens (including phenoxy) is 3. The van der Waals surface area contributed by atoms with E-state index in [0.29, 0.717) is 30.1 Å². The van der Waals surface area contributed by atoms with E-state index in [4.69, 9.17) is 45.8 Å². The van der Waals surface area contributed by atoms with Gasteiger partial charge in [0.25, 0.3) is 0 Å².